The summed E-state index contributed by atoms with van der Waals surface area (Å²) in [5.41, 5.74) is 0. The van der Waals surface area contributed by atoms with Crippen molar-refractivity contribution in [3.05, 3.63) is 29.3 Å². The lowest BCUT2D eigenvalue weighted by molar-refractivity contribution is -0.142. The number of hydrogen-bond acceptors (Lipinski definition) is 4. The van der Waals surface area contributed by atoms with E-state index in [4.69, 9.17) is 11.6 Å². The van der Waals surface area contributed by atoms with Gasteiger partial charge in [0.2, 0.25) is 21.8 Å². The van der Waals surface area contributed by atoms with Crippen LogP contribution in [0.25, 0.3) is 0 Å². The summed E-state index contributed by atoms with van der Waals surface area (Å²) in [5.74, 6) is -0.526. The summed E-state index contributed by atoms with van der Waals surface area (Å²) >= 11 is 5.82. The maximum atomic E-state index is 13.0. The van der Waals surface area contributed by atoms with Gasteiger partial charge >= 0.3 is 0 Å². The van der Waals surface area contributed by atoms with Gasteiger partial charge in [0.25, 0.3) is 0 Å². The van der Waals surface area contributed by atoms with E-state index in [1.54, 1.807) is 23.6 Å². The fourth-order valence-corrected chi connectivity index (χ4v) is 4.49. The van der Waals surface area contributed by atoms with Crippen LogP contribution in [0.3, 0.4) is 0 Å². The molecule has 2 rings (SSSR count). The molecule has 9 heteroatoms. The van der Waals surface area contributed by atoms with Gasteiger partial charge in [-0.3, -0.25) is 9.59 Å². The van der Waals surface area contributed by atoms with Gasteiger partial charge in [0, 0.05) is 37.1 Å². The summed E-state index contributed by atoms with van der Waals surface area (Å²) in [4.78, 5) is 28.5. The van der Waals surface area contributed by atoms with Crippen LogP contribution in [-0.2, 0) is 19.6 Å². The first kappa shape index (κ1) is 22.6. The Labute approximate surface area is 172 Å². The van der Waals surface area contributed by atoms with Crippen LogP contribution >= 0.6 is 11.6 Å². The SMILES string of the molecule is CC(C)C(=O)N1CCN(C(=O)[C@@H](NS(=O)(=O)c2ccc(Cl)cc2)C(C)C)CC1. The van der Waals surface area contributed by atoms with Crippen LogP contribution in [0.1, 0.15) is 27.7 Å². The van der Waals surface area contributed by atoms with Crippen LogP contribution in [0.2, 0.25) is 5.02 Å². The highest BCUT2D eigenvalue weighted by molar-refractivity contribution is 7.89. The molecule has 1 aromatic rings. The van der Waals surface area contributed by atoms with E-state index < -0.39 is 16.1 Å². The molecule has 0 radical (unpaired) electrons. The summed E-state index contributed by atoms with van der Waals surface area (Å²) in [6.07, 6.45) is 0. The third kappa shape index (κ3) is 5.46. The summed E-state index contributed by atoms with van der Waals surface area (Å²) in [6, 6.07) is 4.92. The van der Waals surface area contributed by atoms with Crippen molar-refractivity contribution >= 4 is 33.4 Å². The smallest absolute Gasteiger partial charge is 0.241 e. The number of hydrogen-bond donors (Lipinski definition) is 1. The Morgan fingerprint density at radius 1 is 0.929 bits per heavy atom. The molecule has 2 amide bonds. The standard InChI is InChI=1S/C19H28ClN3O4S/c1-13(2)17(21-28(26,27)16-7-5-15(20)6-8-16)19(25)23-11-9-22(10-12-23)18(24)14(3)4/h5-8,13-14,17,21H,9-12H2,1-4H3/t17-/m0/s1. The molecule has 0 saturated carbocycles. The minimum atomic E-state index is -3.86. The summed E-state index contributed by atoms with van der Waals surface area (Å²) in [7, 11) is -3.86. The molecule has 156 valence electrons. The molecule has 0 aromatic heterocycles. The molecule has 1 aliphatic heterocycles. The van der Waals surface area contributed by atoms with Gasteiger partial charge in [-0.15, -0.1) is 0 Å². The predicted molar refractivity (Wildman–Crippen MR) is 108 cm³/mol. The Balaban J connectivity index is 2.09. The van der Waals surface area contributed by atoms with Gasteiger partial charge in [-0.2, -0.15) is 4.72 Å². The first-order valence-corrected chi connectivity index (χ1v) is 11.2. The lowest BCUT2D eigenvalue weighted by atomic mass is 10.0. The fourth-order valence-electron chi connectivity index (χ4n) is 3.03. The zero-order chi connectivity index (χ0) is 21.1. The Kier molecular flexibility index (Phi) is 7.47. The Morgan fingerprint density at radius 3 is 1.82 bits per heavy atom. The maximum Gasteiger partial charge on any atom is 0.241 e. The molecule has 0 spiro atoms. The quantitative estimate of drug-likeness (QED) is 0.748. The number of piperazine rings is 1. The molecule has 28 heavy (non-hydrogen) atoms. The molecule has 1 aromatic carbocycles. The molecular weight excluding hydrogens is 402 g/mol. The third-order valence-electron chi connectivity index (χ3n) is 4.74. The van der Waals surface area contributed by atoms with Crippen LogP contribution in [0.5, 0.6) is 0 Å². The second-order valence-corrected chi connectivity index (χ2v) is 9.75. The molecule has 1 atom stereocenters. The van der Waals surface area contributed by atoms with Gasteiger partial charge in [-0.1, -0.05) is 39.3 Å². The molecule has 7 nitrogen and oxygen atoms in total. The van der Waals surface area contributed by atoms with Crippen molar-refractivity contribution in [1.29, 1.82) is 0 Å². The molecule has 1 heterocycles. The molecule has 1 aliphatic rings. The van der Waals surface area contributed by atoms with Gasteiger partial charge in [-0.05, 0) is 30.2 Å². The highest BCUT2D eigenvalue weighted by Crippen LogP contribution is 2.17. The van der Waals surface area contributed by atoms with E-state index in [0.717, 1.165) is 0 Å². The van der Waals surface area contributed by atoms with Crippen LogP contribution < -0.4 is 4.72 Å². The average Bonchev–Trinajstić information content (AvgIpc) is 2.65. The zero-order valence-corrected chi connectivity index (χ0v) is 18.3. The molecular formula is C19H28ClN3O4S. The second-order valence-electron chi connectivity index (χ2n) is 7.60. The van der Waals surface area contributed by atoms with Crippen LogP contribution in [0.4, 0.5) is 0 Å². The monoisotopic (exact) mass is 429 g/mol. The Hall–Kier alpha value is -1.64. The van der Waals surface area contributed by atoms with Gasteiger partial charge in [0.1, 0.15) is 6.04 Å². The topological polar surface area (TPSA) is 86.8 Å². The van der Waals surface area contributed by atoms with Gasteiger partial charge < -0.3 is 9.80 Å². The van der Waals surface area contributed by atoms with Crippen molar-refractivity contribution in [3.8, 4) is 0 Å². The Morgan fingerprint density at radius 2 is 1.39 bits per heavy atom. The Bertz CT molecular complexity index is 801. The number of nitrogens with zero attached hydrogens (tertiary/aromatic N) is 2. The van der Waals surface area contributed by atoms with E-state index in [9.17, 15) is 18.0 Å². The van der Waals surface area contributed by atoms with Gasteiger partial charge in [-0.25, -0.2) is 8.42 Å². The number of halogens is 1. The van der Waals surface area contributed by atoms with E-state index in [0.29, 0.717) is 31.2 Å². The molecule has 1 fully saturated rings. The van der Waals surface area contributed by atoms with E-state index in [2.05, 4.69) is 4.72 Å². The first-order valence-electron chi connectivity index (χ1n) is 9.38. The minimum Gasteiger partial charge on any atom is -0.339 e. The normalized spacial score (nSPS) is 16.5. The first-order chi connectivity index (χ1) is 13.0. The van der Waals surface area contributed by atoms with Crippen LogP contribution in [0, 0.1) is 11.8 Å². The van der Waals surface area contributed by atoms with E-state index in [1.807, 2.05) is 13.8 Å². The van der Waals surface area contributed by atoms with Crippen LogP contribution in [0.15, 0.2) is 29.2 Å². The highest BCUT2D eigenvalue weighted by atomic mass is 35.5. The number of rotatable bonds is 6. The lowest BCUT2D eigenvalue weighted by Gasteiger charge is -2.37. The zero-order valence-electron chi connectivity index (χ0n) is 16.7. The number of benzene rings is 1. The largest absolute Gasteiger partial charge is 0.339 e. The van der Waals surface area contributed by atoms with Crippen molar-refractivity contribution in [1.82, 2.24) is 14.5 Å². The van der Waals surface area contributed by atoms with E-state index in [-0.39, 0.29) is 28.5 Å². The number of amides is 2. The number of carbonyl (C=O) groups is 2. The highest BCUT2D eigenvalue weighted by Gasteiger charge is 2.34. The molecule has 0 bridgehead atoms. The number of nitrogens with one attached hydrogen (secondary N) is 1. The van der Waals surface area contributed by atoms with E-state index in [1.165, 1.54) is 24.3 Å². The van der Waals surface area contributed by atoms with Crippen molar-refractivity contribution in [2.45, 2.75) is 38.6 Å². The average molecular weight is 430 g/mol. The summed E-state index contributed by atoms with van der Waals surface area (Å²) in [5, 5.41) is 0.434. The summed E-state index contributed by atoms with van der Waals surface area (Å²) in [6.45, 7) is 8.98. The fraction of sp³-hybridized carbons (Fsp3) is 0.579. The van der Waals surface area contributed by atoms with Gasteiger partial charge in [0.05, 0.1) is 4.90 Å². The predicted octanol–water partition coefficient (Wildman–Crippen LogP) is 1.97. The van der Waals surface area contributed by atoms with Gasteiger partial charge in [0.15, 0.2) is 0 Å². The molecule has 1 N–H and O–H groups in total. The molecule has 0 unspecified atom stereocenters. The second kappa shape index (κ2) is 9.24. The van der Waals surface area contributed by atoms with Crippen molar-refractivity contribution in [2.24, 2.45) is 11.8 Å². The van der Waals surface area contributed by atoms with Crippen molar-refractivity contribution in [3.63, 3.8) is 0 Å². The maximum absolute atomic E-state index is 13.0. The van der Waals surface area contributed by atoms with E-state index >= 15 is 0 Å². The number of sulfonamides is 1. The lowest BCUT2D eigenvalue weighted by Crippen LogP contribution is -2.57. The third-order valence-corrected chi connectivity index (χ3v) is 6.44. The van der Waals surface area contributed by atoms with Crippen LogP contribution in [-0.4, -0.2) is 62.3 Å². The number of carbonyl (C=O) groups excluding carboxylic acids is 2. The minimum absolute atomic E-state index is 0.0581. The van der Waals surface area contributed by atoms with Crippen molar-refractivity contribution < 1.29 is 18.0 Å². The molecule has 1 saturated heterocycles. The summed E-state index contributed by atoms with van der Waals surface area (Å²) < 4.78 is 27.9. The molecule has 0 aliphatic carbocycles. The van der Waals surface area contributed by atoms with Crippen molar-refractivity contribution in [2.75, 3.05) is 26.2 Å².